The fourth-order valence-corrected chi connectivity index (χ4v) is 0.235. The number of hydrogen-bond acceptors (Lipinski definition) is 2. The normalized spacial score (nSPS) is 9.75. The van der Waals surface area contributed by atoms with Gasteiger partial charge in [0, 0.05) is 0 Å². The molecule has 0 aliphatic heterocycles. The van der Waals surface area contributed by atoms with Gasteiger partial charge in [0.15, 0.2) is 0 Å². The summed E-state index contributed by atoms with van der Waals surface area (Å²) < 4.78 is 9.71. The summed E-state index contributed by atoms with van der Waals surface area (Å²) in [6.07, 6.45) is 0. The molecular formula is H3N4O3P. The molecule has 7 nitrogen and oxygen atoms in total. The van der Waals surface area contributed by atoms with Crippen LogP contribution in [0.5, 0.6) is 0 Å². The van der Waals surface area contributed by atoms with Gasteiger partial charge in [0.05, 0.1) is 0 Å². The van der Waals surface area contributed by atoms with Crippen LogP contribution in [0.2, 0.25) is 0 Å². The second-order valence-electron chi connectivity index (χ2n) is 0.833. The summed E-state index contributed by atoms with van der Waals surface area (Å²) in [7, 11) is -4.35. The lowest BCUT2D eigenvalue weighted by Gasteiger charge is -1.91. The van der Waals surface area contributed by atoms with Crippen LogP contribution >= 0.6 is 7.75 Å². The molecule has 0 aliphatic carbocycles. The van der Waals surface area contributed by atoms with Crippen LogP contribution in [0.4, 0.5) is 0 Å². The maximum atomic E-state index is 9.71. The van der Waals surface area contributed by atoms with Crippen molar-refractivity contribution in [3.05, 3.63) is 10.4 Å². The van der Waals surface area contributed by atoms with Gasteiger partial charge in [0.2, 0.25) is 0 Å². The molecule has 0 heterocycles. The number of rotatable bonds is 2. The Morgan fingerprint density at radius 1 is 1.75 bits per heavy atom. The minimum Gasteiger partial charge on any atom is -0.290 e. The van der Waals surface area contributed by atoms with Gasteiger partial charge in [-0.25, -0.2) is 4.57 Å². The molecule has 0 saturated carbocycles. The summed E-state index contributed by atoms with van der Waals surface area (Å²) in [6, 6.07) is 0. The van der Waals surface area contributed by atoms with Crippen molar-refractivity contribution >= 4 is 7.75 Å². The van der Waals surface area contributed by atoms with Crippen LogP contribution in [0, 0.1) is 0 Å². The first-order valence-corrected chi connectivity index (χ1v) is 3.04. The van der Waals surface area contributed by atoms with Crippen LogP contribution in [0.15, 0.2) is 5.22 Å². The summed E-state index contributed by atoms with van der Waals surface area (Å²) in [6.45, 7) is 0. The van der Waals surface area contributed by atoms with Crippen molar-refractivity contribution in [1.82, 2.24) is 5.20 Å². The topological polar surface area (TPSA) is 118 Å². The molecule has 8 heteroatoms. The van der Waals surface area contributed by atoms with Gasteiger partial charge in [-0.15, -0.1) is 5.53 Å². The van der Waals surface area contributed by atoms with Crippen molar-refractivity contribution in [2.24, 2.45) is 5.22 Å². The standard InChI is InChI=1S/H3N4O3P/c1-2-3-4-8(5,6)7/h(H3,4,5,6,7). The predicted octanol–water partition coefficient (Wildman–Crippen LogP) is -0.106. The SMILES string of the molecule is [N-]=[N+]=NNP(=O)(O)O. The smallest absolute Gasteiger partial charge is 0.290 e. The van der Waals surface area contributed by atoms with Gasteiger partial charge >= 0.3 is 7.75 Å². The van der Waals surface area contributed by atoms with Crippen LogP contribution in [-0.2, 0) is 4.57 Å². The van der Waals surface area contributed by atoms with Crippen LogP contribution in [0.1, 0.15) is 0 Å². The summed E-state index contributed by atoms with van der Waals surface area (Å²) in [4.78, 5) is 17.8. The van der Waals surface area contributed by atoms with Gasteiger partial charge in [0.25, 0.3) is 0 Å². The van der Waals surface area contributed by atoms with Crippen molar-refractivity contribution in [2.75, 3.05) is 0 Å². The molecule has 46 valence electrons. The Hall–Kier alpha value is -0.740. The van der Waals surface area contributed by atoms with E-state index >= 15 is 0 Å². The third-order valence-corrected chi connectivity index (χ3v) is 0.570. The van der Waals surface area contributed by atoms with Crippen molar-refractivity contribution in [1.29, 1.82) is 0 Å². The first-order chi connectivity index (χ1) is 3.56. The Bertz CT molecular complexity index is 151. The Morgan fingerprint density at radius 2 is 2.25 bits per heavy atom. The van der Waals surface area contributed by atoms with Gasteiger partial charge in [-0.05, 0) is 5.22 Å². The van der Waals surface area contributed by atoms with Gasteiger partial charge < -0.3 is 0 Å². The molecule has 0 aromatic heterocycles. The van der Waals surface area contributed by atoms with E-state index in [0.717, 1.165) is 0 Å². The van der Waals surface area contributed by atoms with Gasteiger partial charge in [-0.2, -0.15) is 10.1 Å². The fraction of sp³-hybridized carbons (Fsp3) is 0. The molecule has 0 radical (unpaired) electrons. The van der Waals surface area contributed by atoms with Crippen molar-refractivity contribution in [2.45, 2.75) is 0 Å². The fourth-order valence-electron chi connectivity index (χ4n) is 0.0783. The van der Waals surface area contributed by atoms with E-state index in [4.69, 9.17) is 15.3 Å². The highest BCUT2D eigenvalue weighted by Gasteiger charge is 2.13. The number of azide groups is 1. The predicted molar refractivity (Wildman–Crippen MR) is 24.3 cm³/mol. The minimum absolute atomic E-state index is 1.25. The minimum atomic E-state index is -4.35. The molecule has 0 aromatic carbocycles. The maximum Gasteiger partial charge on any atom is 0.519 e. The lowest BCUT2D eigenvalue weighted by molar-refractivity contribution is 0.358. The monoisotopic (exact) mass is 138 g/mol. The molecule has 8 heavy (non-hydrogen) atoms. The number of hydrogen-bond donors (Lipinski definition) is 3. The highest BCUT2D eigenvalue weighted by molar-refractivity contribution is 7.49. The zero-order valence-electron chi connectivity index (χ0n) is 3.59. The largest absolute Gasteiger partial charge is 0.519 e. The zero-order valence-corrected chi connectivity index (χ0v) is 4.49. The Kier molecular flexibility index (Phi) is 2.30. The number of nitrogens with zero attached hydrogens (tertiary/aromatic N) is 3. The van der Waals surface area contributed by atoms with Crippen LogP contribution in [0.3, 0.4) is 0 Å². The van der Waals surface area contributed by atoms with E-state index in [1.807, 2.05) is 4.91 Å². The molecular weight excluding hydrogens is 135 g/mol. The van der Waals surface area contributed by atoms with E-state index in [1.54, 1.807) is 0 Å². The third-order valence-electron chi connectivity index (χ3n) is 0.220. The lowest BCUT2D eigenvalue weighted by Crippen LogP contribution is -1.97. The molecule has 0 fully saturated rings. The molecule has 0 aliphatic rings. The van der Waals surface area contributed by atoms with E-state index in [0.29, 0.717) is 0 Å². The molecule has 0 amide bonds. The van der Waals surface area contributed by atoms with E-state index in [2.05, 4.69) is 5.22 Å². The molecule has 3 N–H and O–H groups in total. The second-order valence-corrected chi connectivity index (χ2v) is 2.12. The highest BCUT2D eigenvalue weighted by Crippen LogP contribution is 2.27. The second kappa shape index (κ2) is 2.54. The zero-order chi connectivity index (χ0) is 6.62. The summed E-state index contributed by atoms with van der Waals surface area (Å²) in [5.74, 6) is 0. The van der Waals surface area contributed by atoms with Crippen molar-refractivity contribution in [3.8, 4) is 0 Å². The molecule has 0 aromatic rings. The van der Waals surface area contributed by atoms with Crippen molar-refractivity contribution in [3.63, 3.8) is 0 Å². The van der Waals surface area contributed by atoms with Crippen molar-refractivity contribution < 1.29 is 14.4 Å². The molecule has 0 saturated heterocycles. The van der Waals surface area contributed by atoms with Gasteiger partial charge in [-0.1, -0.05) is 0 Å². The first kappa shape index (κ1) is 7.26. The highest BCUT2D eigenvalue weighted by atomic mass is 31.2. The molecule has 0 spiro atoms. The van der Waals surface area contributed by atoms with Crippen LogP contribution in [0.25, 0.3) is 10.4 Å². The number of nitrogens with one attached hydrogen (secondary N) is 1. The summed E-state index contributed by atoms with van der Waals surface area (Å²) in [5.41, 5.74) is 7.48. The van der Waals surface area contributed by atoms with E-state index in [9.17, 15) is 4.57 Å². The molecule has 0 unspecified atom stereocenters. The first-order valence-electron chi connectivity index (χ1n) is 1.43. The molecule has 0 atom stereocenters. The summed E-state index contributed by atoms with van der Waals surface area (Å²) in [5, 5.41) is 3.66. The average Bonchev–Trinajstić information content (AvgIpc) is 1.59. The summed E-state index contributed by atoms with van der Waals surface area (Å²) >= 11 is 0. The Balaban J connectivity index is 3.74. The Morgan fingerprint density at radius 3 is 2.38 bits per heavy atom. The van der Waals surface area contributed by atoms with E-state index < -0.39 is 7.75 Å². The third kappa shape index (κ3) is 5.26. The Labute approximate surface area is 44.1 Å². The van der Waals surface area contributed by atoms with Crippen LogP contribution in [-0.4, -0.2) is 9.79 Å². The van der Waals surface area contributed by atoms with Gasteiger partial charge in [-0.3, -0.25) is 9.79 Å². The van der Waals surface area contributed by atoms with Crippen LogP contribution < -0.4 is 5.20 Å². The van der Waals surface area contributed by atoms with Gasteiger partial charge in [0.1, 0.15) is 0 Å². The quantitative estimate of drug-likeness (QED) is 0.162. The lowest BCUT2D eigenvalue weighted by atomic mass is 12.7. The molecule has 0 bridgehead atoms. The van der Waals surface area contributed by atoms with E-state index in [-0.39, 0.29) is 0 Å². The average molecular weight is 138 g/mol. The molecule has 0 rings (SSSR count). The van der Waals surface area contributed by atoms with E-state index in [1.165, 1.54) is 5.20 Å². The maximum absolute atomic E-state index is 9.71.